The van der Waals surface area contributed by atoms with Crippen molar-refractivity contribution in [2.45, 2.75) is 6.54 Å². The molecule has 0 saturated carbocycles. The molecule has 3 aliphatic heterocycles. The summed E-state index contributed by atoms with van der Waals surface area (Å²) in [7, 11) is 0. The number of rotatable bonds is 4. The molecule has 0 bridgehead atoms. The summed E-state index contributed by atoms with van der Waals surface area (Å²) in [6.07, 6.45) is 5.60. The Morgan fingerprint density at radius 1 is 1.38 bits per heavy atom. The van der Waals surface area contributed by atoms with Crippen molar-refractivity contribution < 1.29 is 9.53 Å². The van der Waals surface area contributed by atoms with E-state index in [2.05, 4.69) is 25.7 Å². The minimum atomic E-state index is -0.0240. The summed E-state index contributed by atoms with van der Waals surface area (Å²) in [5.41, 5.74) is 4.74. The van der Waals surface area contributed by atoms with E-state index >= 15 is 0 Å². The molecule has 24 heavy (non-hydrogen) atoms. The molecule has 0 unspecified atom stereocenters. The minimum absolute atomic E-state index is 0.0240. The van der Waals surface area contributed by atoms with Crippen molar-refractivity contribution in [2.75, 3.05) is 39.4 Å². The van der Waals surface area contributed by atoms with Gasteiger partial charge in [-0.2, -0.15) is 5.10 Å². The fourth-order valence-corrected chi connectivity index (χ4v) is 3.33. The van der Waals surface area contributed by atoms with Crippen molar-refractivity contribution >= 4 is 12.0 Å². The van der Waals surface area contributed by atoms with Crippen LogP contribution in [-0.4, -0.2) is 60.4 Å². The molecule has 0 aromatic rings. The van der Waals surface area contributed by atoms with Crippen LogP contribution >= 0.6 is 0 Å². The zero-order chi connectivity index (χ0) is 16.4. The fraction of sp³-hybridized carbons (Fsp3) is 0.412. The largest absolute Gasteiger partial charge is 0.387 e. The number of morpholine rings is 1. The Hall–Kier alpha value is -2.38. The van der Waals surface area contributed by atoms with Crippen LogP contribution in [0.3, 0.4) is 0 Å². The lowest BCUT2D eigenvalue weighted by molar-refractivity contribution is 0.0383. The van der Waals surface area contributed by atoms with Crippen molar-refractivity contribution in [3.63, 3.8) is 0 Å². The first-order valence-corrected chi connectivity index (χ1v) is 8.30. The van der Waals surface area contributed by atoms with Crippen LogP contribution in [0.15, 0.2) is 18.5 Å². The van der Waals surface area contributed by atoms with Crippen LogP contribution in [0.4, 0.5) is 0 Å². The molecular weight excluding hydrogens is 306 g/mol. The number of carbonyl (C=O) groups is 1. The van der Waals surface area contributed by atoms with Crippen LogP contribution in [0.25, 0.3) is 17.2 Å². The van der Waals surface area contributed by atoms with Gasteiger partial charge in [-0.05, 0) is 23.9 Å². The fourth-order valence-electron chi connectivity index (χ4n) is 3.33. The van der Waals surface area contributed by atoms with E-state index in [9.17, 15) is 4.79 Å². The van der Waals surface area contributed by atoms with E-state index < -0.39 is 0 Å². The zero-order valence-corrected chi connectivity index (χ0v) is 13.5. The van der Waals surface area contributed by atoms with Gasteiger partial charge in [-0.25, -0.2) is 0 Å². The number of amides is 1. The number of carbonyl (C=O) groups excluding carboxylic acids is 1. The van der Waals surface area contributed by atoms with E-state index in [4.69, 9.17) is 4.74 Å². The van der Waals surface area contributed by atoms with E-state index in [0.717, 1.165) is 60.8 Å². The topological polar surface area (TPSA) is 82.3 Å². The number of aromatic nitrogens is 2. The van der Waals surface area contributed by atoms with Gasteiger partial charge in [0.25, 0.3) is 5.91 Å². The number of nitrogens with zero attached hydrogens (tertiary/aromatic N) is 2. The summed E-state index contributed by atoms with van der Waals surface area (Å²) in [6, 6.07) is 1.93. The maximum atomic E-state index is 12.7. The molecule has 1 fully saturated rings. The van der Waals surface area contributed by atoms with Gasteiger partial charge in [-0.1, -0.05) is 0 Å². The molecule has 3 N–H and O–H groups in total. The van der Waals surface area contributed by atoms with Crippen molar-refractivity contribution in [2.24, 2.45) is 0 Å². The highest BCUT2D eigenvalue weighted by Crippen LogP contribution is 2.35. The summed E-state index contributed by atoms with van der Waals surface area (Å²) in [5.74, 6) is -0.0240. The molecule has 126 valence electrons. The third kappa shape index (κ3) is 2.88. The van der Waals surface area contributed by atoms with Gasteiger partial charge in [-0.15, -0.1) is 0 Å². The van der Waals surface area contributed by atoms with E-state index in [-0.39, 0.29) is 5.91 Å². The smallest absolute Gasteiger partial charge is 0.251 e. The quantitative estimate of drug-likeness (QED) is 0.768. The number of nitrogens with one attached hydrogen (secondary N) is 3. The molecule has 4 rings (SSSR count). The van der Waals surface area contributed by atoms with Crippen LogP contribution in [0, 0.1) is 0 Å². The highest BCUT2D eigenvalue weighted by molar-refractivity contribution is 6.01. The Morgan fingerprint density at radius 2 is 2.25 bits per heavy atom. The Bertz CT molecular complexity index is 733. The number of H-pyrrole nitrogens is 1. The Balaban J connectivity index is 1.48. The first kappa shape index (κ1) is 15.2. The van der Waals surface area contributed by atoms with Crippen LogP contribution in [0.5, 0.6) is 0 Å². The molecule has 0 aromatic carbocycles. The van der Waals surface area contributed by atoms with Crippen LogP contribution < -0.4 is 10.6 Å². The monoisotopic (exact) mass is 327 g/mol. The second-order valence-corrected chi connectivity index (χ2v) is 6.07. The lowest BCUT2D eigenvalue weighted by atomic mass is 10.1. The summed E-state index contributed by atoms with van der Waals surface area (Å²) in [4.78, 5) is 15.0. The molecule has 7 nitrogen and oxygen atoms in total. The standard InChI is InChI=1S/C17H21N5O2/c23-17(19-3-4-22-5-7-24-8-6-22)13-9-12-10-20-21-15-1-2-18-11-14(13)16(12)15/h1-2,9-10,18,21H,3-8,11H2,(H,19,23). The molecule has 0 atom stereocenters. The van der Waals surface area contributed by atoms with Gasteiger partial charge in [0.05, 0.1) is 25.1 Å². The van der Waals surface area contributed by atoms with Crippen LogP contribution in [0.2, 0.25) is 0 Å². The average molecular weight is 327 g/mol. The van der Waals surface area contributed by atoms with Gasteiger partial charge < -0.3 is 15.4 Å². The normalized spacial score (nSPS) is 17.5. The van der Waals surface area contributed by atoms with E-state index in [1.54, 1.807) is 6.20 Å². The molecule has 1 saturated heterocycles. The van der Waals surface area contributed by atoms with Crippen molar-refractivity contribution in [1.82, 2.24) is 25.7 Å². The second kappa shape index (κ2) is 6.62. The molecule has 0 radical (unpaired) electrons. The van der Waals surface area contributed by atoms with Gasteiger partial charge in [0.15, 0.2) is 0 Å². The summed E-state index contributed by atoms with van der Waals surface area (Å²) in [6.45, 7) is 5.54. The lowest BCUT2D eigenvalue weighted by Crippen LogP contribution is -2.41. The number of hydrogen-bond donors (Lipinski definition) is 3. The number of hydrogen-bond acceptors (Lipinski definition) is 5. The predicted molar refractivity (Wildman–Crippen MR) is 90.7 cm³/mol. The van der Waals surface area contributed by atoms with E-state index in [1.165, 1.54) is 0 Å². The Morgan fingerprint density at radius 3 is 3.12 bits per heavy atom. The highest BCUT2D eigenvalue weighted by atomic mass is 16.5. The van der Waals surface area contributed by atoms with Gasteiger partial charge >= 0.3 is 0 Å². The lowest BCUT2D eigenvalue weighted by Gasteiger charge is -2.26. The summed E-state index contributed by atoms with van der Waals surface area (Å²) in [5, 5.41) is 13.4. The van der Waals surface area contributed by atoms with Crippen molar-refractivity contribution in [3.8, 4) is 11.1 Å². The van der Waals surface area contributed by atoms with E-state index in [0.29, 0.717) is 13.1 Å². The summed E-state index contributed by atoms with van der Waals surface area (Å²) >= 11 is 0. The predicted octanol–water partition coefficient (Wildman–Crippen LogP) is 0.650. The van der Waals surface area contributed by atoms with Crippen LogP contribution in [-0.2, 0) is 11.3 Å². The van der Waals surface area contributed by atoms with Gasteiger partial charge in [0.2, 0.25) is 0 Å². The second-order valence-electron chi connectivity index (χ2n) is 6.07. The molecule has 1 aliphatic carbocycles. The molecule has 0 aromatic heterocycles. The molecular formula is C17H21N5O2. The molecule has 4 aliphatic rings. The molecule has 3 heterocycles. The number of ether oxygens (including phenoxy) is 1. The third-order valence-electron chi connectivity index (χ3n) is 4.58. The SMILES string of the molecule is O=C(NCCN1CCOCC1)c1cc2cn[nH]c3c-2c1CNC=C3. The van der Waals surface area contributed by atoms with Crippen molar-refractivity contribution in [1.29, 1.82) is 0 Å². The number of aromatic amines is 1. The highest BCUT2D eigenvalue weighted by Gasteiger charge is 2.24. The Kier molecular flexibility index (Phi) is 4.18. The van der Waals surface area contributed by atoms with Crippen molar-refractivity contribution in [3.05, 3.63) is 35.3 Å². The zero-order valence-electron chi connectivity index (χ0n) is 13.5. The maximum absolute atomic E-state index is 12.7. The maximum Gasteiger partial charge on any atom is 0.251 e. The Labute approximate surface area is 140 Å². The molecule has 1 amide bonds. The first-order valence-electron chi connectivity index (χ1n) is 8.30. The van der Waals surface area contributed by atoms with E-state index in [1.807, 2.05) is 18.3 Å². The summed E-state index contributed by atoms with van der Waals surface area (Å²) < 4.78 is 5.34. The van der Waals surface area contributed by atoms with Gasteiger partial charge in [-0.3, -0.25) is 14.8 Å². The molecule has 0 spiro atoms. The van der Waals surface area contributed by atoms with Gasteiger partial charge in [0, 0.05) is 49.4 Å². The van der Waals surface area contributed by atoms with Gasteiger partial charge in [0.1, 0.15) is 0 Å². The minimum Gasteiger partial charge on any atom is -0.387 e. The average Bonchev–Trinajstić information content (AvgIpc) is 2.85. The van der Waals surface area contributed by atoms with Crippen LogP contribution in [0.1, 0.15) is 21.6 Å². The molecule has 7 heteroatoms. The first-order chi connectivity index (χ1) is 11.8. The third-order valence-corrected chi connectivity index (χ3v) is 4.58.